The van der Waals surface area contributed by atoms with Gasteiger partial charge in [0, 0.05) is 25.6 Å². The highest BCUT2D eigenvalue weighted by molar-refractivity contribution is 7.91. The summed E-state index contributed by atoms with van der Waals surface area (Å²) >= 11 is 0. The number of sulfone groups is 1. The smallest absolute Gasteiger partial charge is 0.228 e. The lowest BCUT2D eigenvalue weighted by molar-refractivity contribution is -0.137. The lowest BCUT2D eigenvalue weighted by Gasteiger charge is -2.29. The van der Waals surface area contributed by atoms with E-state index in [0.29, 0.717) is 13.0 Å². The largest absolute Gasteiger partial charge is 0.339 e. The molecule has 0 aromatic heterocycles. The molecule has 2 fully saturated rings. The zero-order valence-corrected chi connectivity index (χ0v) is 15.1. The van der Waals surface area contributed by atoms with Gasteiger partial charge in [0.05, 0.1) is 17.4 Å². The molecule has 0 N–H and O–H groups in total. The van der Waals surface area contributed by atoms with Gasteiger partial charge >= 0.3 is 0 Å². The van der Waals surface area contributed by atoms with Crippen LogP contribution in [-0.2, 0) is 19.4 Å². The van der Waals surface area contributed by atoms with Gasteiger partial charge in [-0.1, -0.05) is 6.07 Å². The van der Waals surface area contributed by atoms with Gasteiger partial charge in [-0.25, -0.2) is 17.2 Å². The van der Waals surface area contributed by atoms with Crippen molar-refractivity contribution in [3.05, 3.63) is 29.8 Å². The minimum atomic E-state index is -3.15. The molecule has 2 amide bonds. The Morgan fingerprint density at radius 2 is 1.96 bits per heavy atom. The number of carbonyl (C=O) groups excluding carboxylic acids is 2. The van der Waals surface area contributed by atoms with Crippen LogP contribution in [-0.4, -0.2) is 55.8 Å². The number of anilines is 1. The molecule has 9 heteroatoms. The lowest BCUT2D eigenvalue weighted by atomic mass is 10.1. The number of benzene rings is 1. The fourth-order valence-electron chi connectivity index (χ4n) is 3.69. The van der Waals surface area contributed by atoms with Gasteiger partial charge in [-0.05, 0) is 25.5 Å². The minimum Gasteiger partial charge on any atom is -0.339 e. The van der Waals surface area contributed by atoms with Crippen LogP contribution in [0.3, 0.4) is 0 Å². The first-order valence-corrected chi connectivity index (χ1v) is 10.3. The molecule has 26 heavy (non-hydrogen) atoms. The molecule has 2 heterocycles. The highest BCUT2D eigenvalue weighted by Crippen LogP contribution is 2.31. The van der Waals surface area contributed by atoms with E-state index in [4.69, 9.17) is 0 Å². The Hall–Kier alpha value is -2.03. The molecule has 3 rings (SSSR count). The standard InChI is InChI=1S/C17H20F2N2O4S/c1-2-20(12-6-7-26(24,25)10-12)17(23)11-8-15(22)21(9-11)16-13(18)4-3-5-14(16)19/h3-5,11-12H,2,6-10H2,1H3. The second-order valence-electron chi connectivity index (χ2n) is 6.66. The summed E-state index contributed by atoms with van der Waals surface area (Å²) in [7, 11) is -3.15. The fourth-order valence-corrected chi connectivity index (χ4v) is 5.42. The monoisotopic (exact) mass is 386 g/mol. The molecule has 2 aliphatic heterocycles. The van der Waals surface area contributed by atoms with Gasteiger partial charge in [-0.15, -0.1) is 0 Å². The predicted octanol–water partition coefficient (Wildman–Crippen LogP) is 1.35. The van der Waals surface area contributed by atoms with E-state index < -0.39 is 45.0 Å². The van der Waals surface area contributed by atoms with Crippen LogP contribution >= 0.6 is 0 Å². The summed E-state index contributed by atoms with van der Waals surface area (Å²) < 4.78 is 51.3. The van der Waals surface area contributed by atoms with Crippen LogP contribution < -0.4 is 4.90 Å². The van der Waals surface area contributed by atoms with Crippen LogP contribution in [0.25, 0.3) is 0 Å². The summed E-state index contributed by atoms with van der Waals surface area (Å²) in [5.41, 5.74) is -0.445. The van der Waals surface area contributed by atoms with E-state index >= 15 is 0 Å². The van der Waals surface area contributed by atoms with E-state index in [-0.39, 0.29) is 30.4 Å². The van der Waals surface area contributed by atoms with Crippen LogP contribution in [0.15, 0.2) is 18.2 Å². The number of halogens is 2. The van der Waals surface area contributed by atoms with Gasteiger partial charge < -0.3 is 9.80 Å². The lowest BCUT2D eigenvalue weighted by Crippen LogP contribution is -2.44. The molecule has 2 saturated heterocycles. The Labute approximate surface area is 150 Å². The molecule has 2 unspecified atom stereocenters. The van der Waals surface area contributed by atoms with Crippen molar-refractivity contribution in [1.29, 1.82) is 0 Å². The number of carbonyl (C=O) groups is 2. The fraction of sp³-hybridized carbons (Fsp3) is 0.529. The van der Waals surface area contributed by atoms with Crippen LogP contribution in [0, 0.1) is 17.6 Å². The molecule has 0 saturated carbocycles. The Balaban J connectivity index is 1.78. The van der Waals surface area contributed by atoms with Crippen molar-refractivity contribution < 1.29 is 26.8 Å². The first kappa shape index (κ1) is 18.8. The van der Waals surface area contributed by atoms with Gasteiger partial charge in [0.2, 0.25) is 11.8 Å². The van der Waals surface area contributed by atoms with Crippen molar-refractivity contribution in [2.24, 2.45) is 5.92 Å². The van der Waals surface area contributed by atoms with Crippen LogP contribution in [0.2, 0.25) is 0 Å². The van der Waals surface area contributed by atoms with Crippen LogP contribution in [0.4, 0.5) is 14.5 Å². The second-order valence-corrected chi connectivity index (χ2v) is 8.89. The number of hydrogen-bond donors (Lipinski definition) is 0. The van der Waals surface area contributed by atoms with Crippen molar-refractivity contribution in [3.63, 3.8) is 0 Å². The van der Waals surface area contributed by atoms with E-state index in [2.05, 4.69) is 0 Å². The third-order valence-electron chi connectivity index (χ3n) is 4.95. The van der Waals surface area contributed by atoms with Gasteiger partial charge in [0.25, 0.3) is 0 Å². The maximum absolute atomic E-state index is 14.0. The highest BCUT2D eigenvalue weighted by Gasteiger charge is 2.42. The van der Waals surface area contributed by atoms with Crippen molar-refractivity contribution >= 4 is 27.3 Å². The first-order chi connectivity index (χ1) is 12.2. The second kappa shape index (κ2) is 6.94. The summed E-state index contributed by atoms with van der Waals surface area (Å²) in [6, 6.07) is 2.91. The molecule has 1 aromatic rings. The SMILES string of the molecule is CCN(C(=O)C1CC(=O)N(c2c(F)cccc2F)C1)C1CCS(=O)(=O)C1. The van der Waals surface area contributed by atoms with Crippen molar-refractivity contribution in [3.8, 4) is 0 Å². The maximum Gasteiger partial charge on any atom is 0.228 e. The van der Waals surface area contributed by atoms with E-state index in [1.54, 1.807) is 6.92 Å². The molecule has 6 nitrogen and oxygen atoms in total. The van der Waals surface area contributed by atoms with Crippen LogP contribution in [0.1, 0.15) is 19.8 Å². The summed E-state index contributed by atoms with van der Waals surface area (Å²) in [5.74, 6) is -3.38. The number of rotatable bonds is 4. The Morgan fingerprint density at radius 3 is 2.50 bits per heavy atom. The highest BCUT2D eigenvalue weighted by atomic mass is 32.2. The number of nitrogens with zero attached hydrogens (tertiary/aromatic N) is 2. The molecule has 142 valence electrons. The van der Waals surface area contributed by atoms with Gasteiger partial charge in [-0.3, -0.25) is 9.59 Å². The molecule has 0 spiro atoms. The maximum atomic E-state index is 14.0. The van der Waals surface area contributed by atoms with Crippen molar-refractivity contribution in [2.75, 3.05) is 29.5 Å². The van der Waals surface area contributed by atoms with Gasteiger partial charge in [-0.2, -0.15) is 0 Å². The summed E-state index contributed by atoms with van der Waals surface area (Å²) in [6.07, 6.45) is 0.219. The average molecular weight is 386 g/mol. The Bertz CT molecular complexity index is 823. The van der Waals surface area contributed by atoms with E-state index in [1.807, 2.05) is 0 Å². The normalized spacial score (nSPS) is 24.9. The van der Waals surface area contributed by atoms with Gasteiger partial charge in [0.1, 0.15) is 17.3 Å². The summed E-state index contributed by atoms with van der Waals surface area (Å²) in [4.78, 5) is 27.5. The molecule has 2 aliphatic rings. The molecule has 0 radical (unpaired) electrons. The van der Waals surface area contributed by atoms with Crippen molar-refractivity contribution in [2.45, 2.75) is 25.8 Å². The zero-order valence-electron chi connectivity index (χ0n) is 14.3. The predicted molar refractivity (Wildman–Crippen MR) is 91.3 cm³/mol. The van der Waals surface area contributed by atoms with Crippen LogP contribution in [0.5, 0.6) is 0 Å². The molecular weight excluding hydrogens is 366 g/mol. The van der Waals surface area contributed by atoms with Gasteiger partial charge in [0.15, 0.2) is 9.84 Å². The van der Waals surface area contributed by atoms with E-state index in [9.17, 15) is 26.8 Å². The molecule has 1 aromatic carbocycles. The molecule has 0 bridgehead atoms. The Kier molecular flexibility index (Phi) is 5.01. The topological polar surface area (TPSA) is 74.8 Å². The third kappa shape index (κ3) is 3.44. The summed E-state index contributed by atoms with van der Waals surface area (Å²) in [6.45, 7) is 1.94. The quantitative estimate of drug-likeness (QED) is 0.783. The number of para-hydroxylation sites is 1. The van der Waals surface area contributed by atoms with E-state index in [0.717, 1.165) is 17.0 Å². The first-order valence-electron chi connectivity index (χ1n) is 8.48. The number of hydrogen-bond acceptors (Lipinski definition) is 4. The minimum absolute atomic E-state index is 0.0393. The Morgan fingerprint density at radius 1 is 1.31 bits per heavy atom. The summed E-state index contributed by atoms with van der Waals surface area (Å²) in [5, 5.41) is 0. The molecule has 2 atom stereocenters. The number of amides is 2. The zero-order chi connectivity index (χ0) is 19.1. The van der Waals surface area contributed by atoms with E-state index in [1.165, 1.54) is 11.0 Å². The third-order valence-corrected chi connectivity index (χ3v) is 6.71. The molecular formula is C17H20F2N2O4S. The molecule has 0 aliphatic carbocycles. The van der Waals surface area contributed by atoms with Crippen molar-refractivity contribution in [1.82, 2.24) is 4.90 Å². The average Bonchev–Trinajstić information content (AvgIpc) is 3.11.